The zero-order valence-electron chi connectivity index (χ0n) is 11.3. The molecule has 1 aliphatic rings. The van der Waals surface area contributed by atoms with Crippen LogP contribution in [0.3, 0.4) is 0 Å². The second-order valence-corrected chi connectivity index (χ2v) is 5.24. The molecule has 0 amide bonds. The van der Waals surface area contributed by atoms with Gasteiger partial charge in [-0.3, -0.25) is 9.88 Å². The summed E-state index contributed by atoms with van der Waals surface area (Å²) in [4.78, 5) is 6.80. The van der Waals surface area contributed by atoms with Gasteiger partial charge in [0.05, 0.1) is 0 Å². The standard InChI is InChI=1S/C17H20N2/c1-4-11-19(12-5-1)14-16-7-2-3-9-17(16)15-8-6-10-18-13-15/h2-3,6-10,13H,1,4-5,11-12,14H2. The van der Waals surface area contributed by atoms with Gasteiger partial charge in [0.1, 0.15) is 0 Å². The quantitative estimate of drug-likeness (QED) is 0.827. The minimum Gasteiger partial charge on any atom is -0.299 e. The molecule has 0 N–H and O–H groups in total. The molecule has 1 saturated heterocycles. The van der Waals surface area contributed by atoms with Crippen molar-refractivity contribution in [3.8, 4) is 11.1 Å². The summed E-state index contributed by atoms with van der Waals surface area (Å²) in [5.41, 5.74) is 3.95. The lowest BCUT2D eigenvalue weighted by Gasteiger charge is -2.27. The first-order valence-corrected chi connectivity index (χ1v) is 7.14. The topological polar surface area (TPSA) is 16.1 Å². The maximum atomic E-state index is 4.24. The maximum absolute atomic E-state index is 4.24. The molecule has 1 fully saturated rings. The van der Waals surface area contributed by atoms with Gasteiger partial charge in [-0.05, 0) is 43.1 Å². The highest BCUT2D eigenvalue weighted by molar-refractivity contribution is 5.66. The summed E-state index contributed by atoms with van der Waals surface area (Å²) in [5.74, 6) is 0. The van der Waals surface area contributed by atoms with Gasteiger partial charge in [-0.1, -0.05) is 36.8 Å². The van der Waals surface area contributed by atoms with E-state index in [0.29, 0.717) is 0 Å². The molecule has 0 radical (unpaired) electrons. The molecular formula is C17H20N2. The lowest BCUT2D eigenvalue weighted by atomic mass is 10.00. The van der Waals surface area contributed by atoms with Gasteiger partial charge >= 0.3 is 0 Å². The number of piperidine rings is 1. The first-order chi connectivity index (χ1) is 9.43. The predicted molar refractivity (Wildman–Crippen MR) is 78.8 cm³/mol. The van der Waals surface area contributed by atoms with Crippen LogP contribution in [0.2, 0.25) is 0 Å². The van der Waals surface area contributed by atoms with Crippen LogP contribution in [0.5, 0.6) is 0 Å². The third-order valence-corrected chi connectivity index (χ3v) is 3.83. The van der Waals surface area contributed by atoms with Crippen molar-refractivity contribution in [2.45, 2.75) is 25.8 Å². The molecule has 0 bridgehead atoms. The zero-order valence-corrected chi connectivity index (χ0v) is 11.3. The number of rotatable bonds is 3. The molecule has 1 aromatic carbocycles. The Morgan fingerprint density at radius 2 is 1.79 bits per heavy atom. The van der Waals surface area contributed by atoms with Crippen LogP contribution in [-0.2, 0) is 6.54 Å². The van der Waals surface area contributed by atoms with Crippen molar-refractivity contribution in [3.05, 3.63) is 54.4 Å². The van der Waals surface area contributed by atoms with E-state index >= 15 is 0 Å². The van der Waals surface area contributed by atoms with Crippen molar-refractivity contribution in [2.24, 2.45) is 0 Å². The van der Waals surface area contributed by atoms with Gasteiger partial charge < -0.3 is 0 Å². The number of benzene rings is 1. The molecule has 0 saturated carbocycles. The van der Waals surface area contributed by atoms with Crippen molar-refractivity contribution in [1.82, 2.24) is 9.88 Å². The number of likely N-dealkylation sites (tertiary alicyclic amines) is 1. The van der Waals surface area contributed by atoms with Crippen LogP contribution >= 0.6 is 0 Å². The lowest BCUT2D eigenvalue weighted by Crippen LogP contribution is -2.29. The lowest BCUT2D eigenvalue weighted by molar-refractivity contribution is 0.221. The number of nitrogens with zero attached hydrogens (tertiary/aromatic N) is 2. The molecule has 2 heterocycles. The van der Waals surface area contributed by atoms with E-state index in [4.69, 9.17) is 0 Å². The minimum atomic E-state index is 1.06. The summed E-state index contributed by atoms with van der Waals surface area (Å²) in [6, 6.07) is 12.9. The molecule has 1 aromatic heterocycles. The molecule has 2 heteroatoms. The van der Waals surface area contributed by atoms with Crippen LogP contribution in [0.15, 0.2) is 48.8 Å². The Morgan fingerprint density at radius 3 is 2.58 bits per heavy atom. The monoisotopic (exact) mass is 252 g/mol. The van der Waals surface area contributed by atoms with E-state index in [1.54, 1.807) is 0 Å². The molecule has 0 unspecified atom stereocenters. The van der Waals surface area contributed by atoms with Gasteiger partial charge in [0, 0.05) is 24.5 Å². The van der Waals surface area contributed by atoms with Gasteiger partial charge in [-0.2, -0.15) is 0 Å². The molecule has 19 heavy (non-hydrogen) atoms. The number of pyridine rings is 1. The fourth-order valence-corrected chi connectivity index (χ4v) is 2.82. The van der Waals surface area contributed by atoms with E-state index in [2.05, 4.69) is 40.2 Å². The highest BCUT2D eigenvalue weighted by Crippen LogP contribution is 2.24. The average molecular weight is 252 g/mol. The fourth-order valence-electron chi connectivity index (χ4n) is 2.82. The predicted octanol–water partition coefficient (Wildman–Crippen LogP) is 3.73. The number of hydrogen-bond acceptors (Lipinski definition) is 2. The Kier molecular flexibility index (Phi) is 3.89. The molecule has 1 aliphatic heterocycles. The zero-order chi connectivity index (χ0) is 12.9. The molecule has 98 valence electrons. The average Bonchev–Trinajstić information content (AvgIpc) is 2.50. The molecule has 0 aliphatic carbocycles. The van der Waals surface area contributed by atoms with Crippen molar-refractivity contribution in [2.75, 3.05) is 13.1 Å². The minimum absolute atomic E-state index is 1.06. The van der Waals surface area contributed by atoms with Crippen LogP contribution in [0, 0.1) is 0 Å². The number of aromatic nitrogens is 1. The van der Waals surface area contributed by atoms with Crippen LogP contribution in [0.4, 0.5) is 0 Å². The van der Waals surface area contributed by atoms with Gasteiger partial charge in [-0.25, -0.2) is 0 Å². The largest absolute Gasteiger partial charge is 0.299 e. The molecule has 3 rings (SSSR count). The Balaban J connectivity index is 1.85. The van der Waals surface area contributed by atoms with Crippen molar-refractivity contribution in [1.29, 1.82) is 0 Å². The Bertz CT molecular complexity index is 516. The van der Waals surface area contributed by atoms with Crippen molar-refractivity contribution in [3.63, 3.8) is 0 Å². The third kappa shape index (κ3) is 3.02. The summed E-state index contributed by atoms with van der Waals surface area (Å²) in [6.07, 6.45) is 7.86. The second kappa shape index (κ2) is 5.98. The van der Waals surface area contributed by atoms with Crippen LogP contribution in [0.25, 0.3) is 11.1 Å². The van der Waals surface area contributed by atoms with Crippen LogP contribution in [0.1, 0.15) is 24.8 Å². The smallest absolute Gasteiger partial charge is 0.0346 e. The maximum Gasteiger partial charge on any atom is 0.0346 e. The molecule has 2 aromatic rings. The van der Waals surface area contributed by atoms with E-state index in [0.717, 1.165) is 6.54 Å². The Labute approximate surface area is 115 Å². The SMILES string of the molecule is c1cncc(-c2ccccc2CN2CCCCC2)c1. The van der Waals surface area contributed by atoms with Gasteiger partial charge in [0.25, 0.3) is 0 Å². The fraction of sp³-hybridized carbons (Fsp3) is 0.353. The molecule has 0 atom stereocenters. The summed E-state index contributed by atoms with van der Waals surface area (Å²) in [5, 5.41) is 0. The first kappa shape index (κ1) is 12.4. The Morgan fingerprint density at radius 1 is 0.947 bits per heavy atom. The van der Waals surface area contributed by atoms with Crippen molar-refractivity contribution < 1.29 is 0 Å². The first-order valence-electron chi connectivity index (χ1n) is 7.14. The van der Waals surface area contributed by atoms with Crippen LogP contribution in [-0.4, -0.2) is 23.0 Å². The molecular weight excluding hydrogens is 232 g/mol. The second-order valence-electron chi connectivity index (χ2n) is 5.24. The van der Waals surface area contributed by atoms with E-state index in [1.807, 2.05) is 18.5 Å². The van der Waals surface area contributed by atoms with Gasteiger partial charge in [-0.15, -0.1) is 0 Å². The van der Waals surface area contributed by atoms with Crippen LogP contribution < -0.4 is 0 Å². The van der Waals surface area contributed by atoms with Gasteiger partial charge in [0.2, 0.25) is 0 Å². The third-order valence-electron chi connectivity index (χ3n) is 3.83. The van der Waals surface area contributed by atoms with Crippen molar-refractivity contribution >= 4 is 0 Å². The molecule has 2 nitrogen and oxygen atoms in total. The van der Waals surface area contributed by atoms with E-state index in [-0.39, 0.29) is 0 Å². The summed E-state index contributed by atoms with van der Waals surface area (Å²) in [7, 11) is 0. The van der Waals surface area contributed by atoms with E-state index in [1.165, 1.54) is 49.0 Å². The summed E-state index contributed by atoms with van der Waals surface area (Å²) in [6.45, 7) is 3.54. The molecule has 0 spiro atoms. The van der Waals surface area contributed by atoms with Gasteiger partial charge in [0.15, 0.2) is 0 Å². The highest BCUT2D eigenvalue weighted by Gasteiger charge is 2.12. The number of hydrogen-bond donors (Lipinski definition) is 0. The Hall–Kier alpha value is -1.67. The van der Waals surface area contributed by atoms with E-state index < -0.39 is 0 Å². The summed E-state index contributed by atoms with van der Waals surface area (Å²) >= 11 is 0. The highest BCUT2D eigenvalue weighted by atomic mass is 15.1. The summed E-state index contributed by atoms with van der Waals surface area (Å²) < 4.78 is 0. The van der Waals surface area contributed by atoms with E-state index in [9.17, 15) is 0 Å². The normalized spacial score (nSPS) is 16.4.